The molecule has 1 aromatic carbocycles. The van der Waals surface area contributed by atoms with E-state index in [-0.39, 0.29) is 24.4 Å². The highest BCUT2D eigenvalue weighted by Gasteiger charge is 2.26. The van der Waals surface area contributed by atoms with Gasteiger partial charge in [0.05, 0.1) is 11.8 Å². The second-order valence-corrected chi connectivity index (χ2v) is 8.21. The van der Waals surface area contributed by atoms with Crippen molar-refractivity contribution in [2.45, 2.75) is 64.9 Å². The molecule has 2 unspecified atom stereocenters. The largest absolute Gasteiger partial charge is 0.506 e. The molecule has 2 aromatic rings. The van der Waals surface area contributed by atoms with Gasteiger partial charge in [0.2, 0.25) is 0 Å². The lowest BCUT2D eigenvalue weighted by molar-refractivity contribution is -0.139. The summed E-state index contributed by atoms with van der Waals surface area (Å²) >= 11 is 0. The molecule has 6 heteroatoms. The lowest BCUT2D eigenvalue weighted by Gasteiger charge is -2.28. The number of aromatic nitrogens is 1. The normalized spacial score (nSPS) is 18.9. The first-order chi connectivity index (χ1) is 14.3. The van der Waals surface area contributed by atoms with Crippen LogP contribution >= 0.6 is 0 Å². The van der Waals surface area contributed by atoms with E-state index in [2.05, 4.69) is 0 Å². The number of nitrogens with zero attached hydrogens (tertiary/aromatic N) is 1. The fourth-order valence-corrected chi connectivity index (χ4v) is 4.36. The third-order valence-electron chi connectivity index (χ3n) is 6.22. The van der Waals surface area contributed by atoms with Crippen LogP contribution < -0.4 is 4.74 Å². The summed E-state index contributed by atoms with van der Waals surface area (Å²) in [6.07, 6.45) is 4.89. The SMILES string of the molecule is COC1CCCC(c2nc(Cc3c(C)cc(OCC(=O)O)c(C)c3C)ccc2O)C1. The summed E-state index contributed by atoms with van der Waals surface area (Å²) in [5.41, 5.74) is 5.87. The summed E-state index contributed by atoms with van der Waals surface area (Å²) < 4.78 is 11.0. The number of carbonyl (C=O) groups is 1. The van der Waals surface area contributed by atoms with Crippen LogP contribution in [0.5, 0.6) is 11.5 Å². The lowest BCUT2D eigenvalue weighted by atomic mass is 9.84. The number of benzene rings is 1. The van der Waals surface area contributed by atoms with Gasteiger partial charge < -0.3 is 19.7 Å². The van der Waals surface area contributed by atoms with Crippen LogP contribution in [0.2, 0.25) is 0 Å². The monoisotopic (exact) mass is 413 g/mol. The molecule has 1 fully saturated rings. The minimum Gasteiger partial charge on any atom is -0.506 e. The Morgan fingerprint density at radius 1 is 1.20 bits per heavy atom. The highest BCUT2D eigenvalue weighted by atomic mass is 16.5. The van der Waals surface area contributed by atoms with Crippen LogP contribution in [0.25, 0.3) is 0 Å². The second-order valence-electron chi connectivity index (χ2n) is 8.21. The first kappa shape index (κ1) is 22.1. The van der Waals surface area contributed by atoms with Crippen LogP contribution in [0.3, 0.4) is 0 Å². The van der Waals surface area contributed by atoms with E-state index in [9.17, 15) is 9.90 Å². The van der Waals surface area contributed by atoms with Gasteiger partial charge in [-0.25, -0.2) is 4.79 Å². The maximum absolute atomic E-state index is 10.8. The Kier molecular flexibility index (Phi) is 6.98. The highest BCUT2D eigenvalue weighted by molar-refractivity contribution is 5.68. The number of carboxylic acid groups (broad SMARTS) is 1. The lowest BCUT2D eigenvalue weighted by Crippen LogP contribution is -2.21. The van der Waals surface area contributed by atoms with Crippen molar-refractivity contribution in [2.24, 2.45) is 0 Å². The smallest absolute Gasteiger partial charge is 0.341 e. The van der Waals surface area contributed by atoms with Crippen molar-refractivity contribution in [1.82, 2.24) is 4.98 Å². The van der Waals surface area contributed by atoms with Crippen molar-refractivity contribution < 1.29 is 24.5 Å². The summed E-state index contributed by atoms with van der Waals surface area (Å²) in [6.45, 7) is 5.61. The van der Waals surface area contributed by atoms with Gasteiger partial charge in [-0.3, -0.25) is 4.98 Å². The first-order valence-electron chi connectivity index (χ1n) is 10.5. The number of aromatic hydroxyl groups is 1. The topological polar surface area (TPSA) is 88.9 Å². The van der Waals surface area contributed by atoms with Gasteiger partial charge in [0, 0.05) is 25.1 Å². The quantitative estimate of drug-likeness (QED) is 0.698. The predicted molar refractivity (Wildman–Crippen MR) is 114 cm³/mol. The zero-order valence-electron chi connectivity index (χ0n) is 18.2. The van der Waals surface area contributed by atoms with Gasteiger partial charge in [0.25, 0.3) is 0 Å². The molecule has 162 valence electrons. The number of pyridine rings is 1. The molecule has 1 aromatic heterocycles. The molecule has 0 aliphatic heterocycles. The maximum Gasteiger partial charge on any atom is 0.341 e. The fourth-order valence-electron chi connectivity index (χ4n) is 4.36. The molecule has 1 heterocycles. The van der Waals surface area contributed by atoms with Gasteiger partial charge in [0.1, 0.15) is 11.5 Å². The van der Waals surface area contributed by atoms with E-state index >= 15 is 0 Å². The molecule has 0 bridgehead atoms. The fraction of sp³-hybridized carbons (Fsp3) is 0.500. The summed E-state index contributed by atoms with van der Waals surface area (Å²) in [6, 6.07) is 5.51. The van der Waals surface area contributed by atoms with Crippen LogP contribution in [0.1, 0.15) is 65.2 Å². The zero-order valence-corrected chi connectivity index (χ0v) is 18.2. The number of rotatable bonds is 7. The Labute approximate surface area is 177 Å². The number of carboxylic acids is 1. The van der Waals surface area contributed by atoms with E-state index in [1.54, 1.807) is 13.2 Å². The van der Waals surface area contributed by atoms with Crippen molar-refractivity contribution in [1.29, 1.82) is 0 Å². The van der Waals surface area contributed by atoms with Crippen LogP contribution in [-0.2, 0) is 16.0 Å². The molecule has 6 nitrogen and oxygen atoms in total. The highest BCUT2D eigenvalue weighted by Crippen LogP contribution is 2.37. The van der Waals surface area contributed by atoms with Gasteiger partial charge in [-0.1, -0.05) is 6.42 Å². The second kappa shape index (κ2) is 9.47. The third-order valence-corrected chi connectivity index (χ3v) is 6.22. The molecule has 30 heavy (non-hydrogen) atoms. The van der Waals surface area contributed by atoms with Crippen molar-refractivity contribution in [3.8, 4) is 11.5 Å². The van der Waals surface area contributed by atoms with E-state index in [1.807, 2.05) is 32.9 Å². The zero-order chi connectivity index (χ0) is 21.8. The minimum absolute atomic E-state index is 0.208. The minimum atomic E-state index is -0.993. The summed E-state index contributed by atoms with van der Waals surface area (Å²) in [5.74, 6) is 0.0678. The number of aliphatic carboxylic acids is 1. The number of hydrogen-bond acceptors (Lipinski definition) is 5. The van der Waals surface area contributed by atoms with Gasteiger partial charge in [0.15, 0.2) is 6.61 Å². The van der Waals surface area contributed by atoms with Gasteiger partial charge in [-0.2, -0.15) is 0 Å². The molecule has 1 saturated carbocycles. The average molecular weight is 414 g/mol. The van der Waals surface area contributed by atoms with Crippen molar-refractivity contribution >= 4 is 5.97 Å². The third kappa shape index (κ3) is 4.93. The first-order valence-corrected chi connectivity index (χ1v) is 10.5. The number of aryl methyl sites for hydroxylation is 1. The van der Waals surface area contributed by atoms with Crippen molar-refractivity contribution in [2.75, 3.05) is 13.7 Å². The van der Waals surface area contributed by atoms with E-state index in [0.29, 0.717) is 12.2 Å². The average Bonchev–Trinajstić information content (AvgIpc) is 2.73. The number of ether oxygens (including phenoxy) is 2. The van der Waals surface area contributed by atoms with Crippen LogP contribution in [0.15, 0.2) is 18.2 Å². The number of methoxy groups -OCH3 is 1. The van der Waals surface area contributed by atoms with Crippen LogP contribution in [0, 0.1) is 20.8 Å². The molecule has 2 N–H and O–H groups in total. The van der Waals surface area contributed by atoms with Gasteiger partial charge in [-0.05, 0) is 80.5 Å². The predicted octanol–water partition coefficient (Wildman–Crippen LogP) is 4.44. The summed E-state index contributed by atoms with van der Waals surface area (Å²) in [7, 11) is 1.74. The van der Waals surface area contributed by atoms with Crippen LogP contribution in [0.4, 0.5) is 0 Å². The van der Waals surface area contributed by atoms with Crippen molar-refractivity contribution in [3.05, 3.63) is 51.8 Å². The Morgan fingerprint density at radius 3 is 2.67 bits per heavy atom. The Balaban J connectivity index is 1.86. The molecule has 0 saturated heterocycles. The standard InChI is InChI=1S/C24H31NO5/c1-14-10-22(30-13-23(27)28)16(3)15(2)20(14)12-18-8-9-21(26)24(25-18)17-6-5-7-19(11-17)29-4/h8-10,17,19,26H,5-7,11-13H2,1-4H3,(H,27,28). The van der Waals surface area contributed by atoms with E-state index in [1.165, 1.54) is 0 Å². The van der Waals surface area contributed by atoms with Crippen molar-refractivity contribution in [3.63, 3.8) is 0 Å². The molecule has 2 atom stereocenters. The molecule has 1 aliphatic rings. The summed E-state index contributed by atoms with van der Waals surface area (Å²) in [4.78, 5) is 15.7. The molecule has 0 spiro atoms. The van der Waals surface area contributed by atoms with Crippen LogP contribution in [-0.4, -0.2) is 41.0 Å². The Hall–Kier alpha value is -2.60. The molecule has 3 rings (SSSR count). The molecule has 0 amide bonds. The van der Waals surface area contributed by atoms with E-state index in [0.717, 1.165) is 59.3 Å². The molecular weight excluding hydrogens is 382 g/mol. The van der Waals surface area contributed by atoms with E-state index < -0.39 is 5.97 Å². The molecule has 0 radical (unpaired) electrons. The summed E-state index contributed by atoms with van der Waals surface area (Å²) in [5, 5.41) is 19.3. The molecular formula is C24H31NO5. The maximum atomic E-state index is 10.8. The Bertz CT molecular complexity index is 924. The van der Waals surface area contributed by atoms with Gasteiger partial charge in [-0.15, -0.1) is 0 Å². The number of hydrogen-bond donors (Lipinski definition) is 2. The van der Waals surface area contributed by atoms with E-state index in [4.69, 9.17) is 19.6 Å². The Morgan fingerprint density at radius 2 is 1.97 bits per heavy atom. The molecule has 1 aliphatic carbocycles. The van der Waals surface area contributed by atoms with Gasteiger partial charge >= 0.3 is 5.97 Å².